The molecule has 0 atom stereocenters. The number of anilines is 2. The van der Waals surface area contributed by atoms with Crippen LogP contribution in [-0.4, -0.2) is 61.1 Å². The predicted molar refractivity (Wildman–Crippen MR) is 424 cm³/mol. The second-order valence-corrected chi connectivity index (χ2v) is 27.9. The van der Waals surface area contributed by atoms with Crippen LogP contribution >= 0.6 is 0 Å². The van der Waals surface area contributed by atoms with E-state index in [4.69, 9.17) is 37.9 Å². The molecular formula is C92H88N2O14. The van der Waals surface area contributed by atoms with Crippen LogP contribution in [0.5, 0.6) is 69.0 Å². The van der Waals surface area contributed by atoms with E-state index in [0.29, 0.717) is 87.3 Å². The lowest BCUT2D eigenvalue weighted by molar-refractivity contribution is -0.136. The van der Waals surface area contributed by atoms with Gasteiger partial charge >= 0.3 is 5.97 Å². The summed E-state index contributed by atoms with van der Waals surface area (Å²) in [6, 6.07) is 59.4. The quantitative estimate of drug-likeness (QED) is 0.0233. The fourth-order valence-electron chi connectivity index (χ4n) is 14.8. The molecule has 16 nitrogen and oxygen atoms in total. The number of aliphatic carboxylic acids is 1. The first kappa shape index (κ1) is 73.0. The molecule has 0 fully saturated rings. The van der Waals surface area contributed by atoms with Crippen LogP contribution in [0, 0.1) is 23.7 Å². The molecule has 0 spiro atoms. The largest absolute Gasteiger partial charge is 0.491 e. The Hall–Kier alpha value is -11.9. The molecule has 2 aliphatic rings. The fraction of sp³-hybridized carbons (Fsp3) is 0.272. The minimum atomic E-state index is -0.955. The Morgan fingerprint density at radius 3 is 0.889 bits per heavy atom. The maximum atomic E-state index is 16.9. The van der Waals surface area contributed by atoms with Crippen LogP contribution in [0.1, 0.15) is 154 Å². The SMILES string of the molecule is CCC(CC)COc1cccc(OCC(CC)CC)c1N1C(=O)c2cc(Oc3ccccc3)c3c4c(Oc5ccccc5)cc5c6c(cc(Oc7cccc(-c8ccc(CC(=O)O)cc8)c7)c(c7c(Oc8ccccc8)cc(c2c37)C1=O)c64)C(=O)N(c1c(OCC(CC)CC)cccc1OCC(CC)CC)C5=O. The van der Waals surface area contributed by atoms with Crippen molar-refractivity contribution in [1.29, 1.82) is 0 Å². The van der Waals surface area contributed by atoms with Crippen molar-refractivity contribution in [2.75, 3.05) is 36.2 Å². The molecule has 12 aromatic carbocycles. The van der Waals surface area contributed by atoms with Crippen LogP contribution in [0.15, 0.2) is 200 Å². The van der Waals surface area contributed by atoms with Gasteiger partial charge in [-0.25, -0.2) is 9.80 Å². The molecule has 0 aromatic heterocycles. The third kappa shape index (κ3) is 14.1. The normalized spacial score (nSPS) is 12.8. The lowest BCUT2D eigenvalue weighted by atomic mass is 9.80. The first-order valence-corrected chi connectivity index (χ1v) is 37.9. The highest BCUT2D eigenvalue weighted by molar-refractivity contribution is 6.48. The van der Waals surface area contributed by atoms with Gasteiger partial charge in [-0.3, -0.25) is 24.0 Å². The third-order valence-electron chi connectivity index (χ3n) is 21.4. The van der Waals surface area contributed by atoms with E-state index in [1.807, 2.05) is 97.1 Å². The first-order chi connectivity index (χ1) is 52.7. The number of ether oxygens (including phenoxy) is 8. The third-order valence-corrected chi connectivity index (χ3v) is 21.4. The first-order valence-electron chi connectivity index (χ1n) is 37.9. The average Bonchev–Trinajstić information content (AvgIpc) is 0.670. The van der Waals surface area contributed by atoms with Gasteiger partial charge in [0.15, 0.2) is 0 Å². The highest BCUT2D eigenvalue weighted by Gasteiger charge is 2.45. The van der Waals surface area contributed by atoms with Crippen LogP contribution in [0.3, 0.4) is 0 Å². The standard InChI is InChI=1S/C92H88N2O14/c1-9-55(10-2)51-101-70-37-27-38-71(102-52-56(11-3)12-4)87(70)93-89(97)66-47-74(105-62-30-20-17-21-31-62)81-82-75(106-63-32-22-18-23-33-63)48-68-80-69(92(100)94(91(68)99)88-72(103-53-57(13-5)14-6)39-28-40-73(88)104-54-58(15-7)16-8)50-77(108-65-36-26-29-61(46-65)60-43-41-59(42-44-60)45-78(95)96)84(86(80)82)83-76(107-64-34-24-19-25-35-64)49-67(90(93)98)79(66)85(81)83/h17-44,46-50,55-58H,9-16,45,51-54H2,1-8H3,(H,95,96). The van der Waals surface area contributed by atoms with Crippen molar-refractivity contribution >= 4 is 84.1 Å². The monoisotopic (exact) mass is 1440 g/mol. The summed E-state index contributed by atoms with van der Waals surface area (Å²) >= 11 is 0. The van der Waals surface area contributed by atoms with Gasteiger partial charge < -0.3 is 43.0 Å². The molecular weight excluding hydrogens is 1360 g/mol. The van der Waals surface area contributed by atoms with Gasteiger partial charge in [0.2, 0.25) is 0 Å². The number of hydrogen-bond acceptors (Lipinski definition) is 13. The summed E-state index contributed by atoms with van der Waals surface area (Å²) in [7, 11) is 0. The van der Waals surface area contributed by atoms with Gasteiger partial charge in [0.1, 0.15) is 80.4 Å². The van der Waals surface area contributed by atoms with Crippen LogP contribution in [0.2, 0.25) is 0 Å². The summed E-state index contributed by atoms with van der Waals surface area (Å²) in [5.41, 5.74) is 2.69. The number of amides is 4. The molecule has 1 N–H and O–H groups in total. The van der Waals surface area contributed by atoms with Gasteiger partial charge in [-0.05, 0) is 137 Å². The Morgan fingerprint density at radius 1 is 0.306 bits per heavy atom. The second-order valence-electron chi connectivity index (χ2n) is 27.9. The molecule has 14 rings (SSSR count). The average molecular weight is 1450 g/mol. The summed E-state index contributed by atoms with van der Waals surface area (Å²) in [5.74, 6) is -0.0524. The molecule has 550 valence electrons. The molecule has 0 aliphatic carbocycles. The van der Waals surface area contributed by atoms with Crippen molar-refractivity contribution in [2.45, 2.75) is 113 Å². The molecule has 2 aliphatic heterocycles. The smallest absolute Gasteiger partial charge is 0.307 e. The Balaban J connectivity index is 1.13. The Bertz CT molecular complexity index is 5250. The highest BCUT2D eigenvalue weighted by atomic mass is 16.5. The summed E-state index contributed by atoms with van der Waals surface area (Å²) in [4.78, 5) is 81.3. The maximum absolute atomic E-state index is 16.9. The molecule has 16 heteroatoms. The van der Waals surface area contributed by atoms with Crippen LogP contribution in [0.4, 0.5) is 11.4 Å². The van der Waals surface area contributed by atoms with Gasteiger partial charge in [0.05, 0.1) is 55.1 Å². The van der Waals surface area contributed by atoms with Gasteiger partial charge in [0, 0.05) is 43.1 Å². The molecule has 0 saturated carbocycles. The van der Waals surface area contributed by atoms with Crippen molar-refractivity contribution in [2.24, 2.45) is 23.7 Å². The minimum absolute atomic E-state index is 0.0650. The number of hydrogen-bond donors (Lipinski definition) is 1. The lowest BCUT2D eigenvalue weighted by Gasteiger charge is -2.34. The van der Waals surface area contributed by atoms with Crippen molar-refractivity contribution in [3.05, 3.63) is 228 Å². The van der Waals surface area contributed by atoms with Gasteiger partial charge in [0.25, 0.3) is 23.6 Å². The van der Waals surface area contributed by atoms with Gasteiger partial charge in [-0.1, -0.05) is 210 Å². The lowest BCUT2D eigenvalue weighted by Crippen LogP contribution is -2.41. The number of benzene rings is 12. The summed E-state index contributed by atoms with van der Waals surface area (Å²) in [6.07, 6.45) is 6.47. The number of carboxylic acids is 1. The number of carboxylic acid groups (broad SMARTS) is 1. The Kier molecular flexibility index (Phi) is 21.7. The molecule has 0 saturated heterocycles. The molecule has 0 bridgehead atoms. The van der Waals surface area contributed by atoms with E-state index < -0.39 is 29.6 Å². The fourth-order valence-corrected chi connectivity index (χ4v) is 14.8. The van der Waals surface area contributed by atoms with Gasteiger partial charge in [-0.2, -0.15) is 0 Å². The summed E-state index contributed by atoms with van der Waals surface area (Å²) in [6.45, 7) is 18.0. The topological polar surface area (TPSA) is 186 Å². The van der Waals surface area contributed by atoms with Crippen LogP contribution in [0.25, 0.3) is 54.2 Å². The zero-order valence-electron chi connectivity index (χ0n) is 62.2. The van der Waals surface area contributed by atoms with Crippen LogP contribution in [-0.2, 0) is 11.2 Å². The van der Waals surface area contributed by atoms with Gasteiger partial charge in [-0.15, -0.1) is 0 Å². The van der Waals surface area contributed by atoms with E-state index in [1.165, 1.54) is 0 Å². The summed E-state index contributed by atoms with van der Waals surface area (Å²) in [5, 5.41) is 12.2. The zero-order chi connectivity index (χ0) is 75.3. The number of nitrogens with zero attached hydrogens (tertiary/aromatic N) is 2. The Labute approximate surface area is 629 Å². The van der Waals surface area contributed by atoms with Crippen molar-refractivity contribution < 1.29 is 67.0 Å². The second kappa shape index (κ2) is 32.0. The van der Waals surface area contributed by atoms with E-state index >= 15 is 19.2 Å². The van der Waals surface area contributed by atoms with Crippen molar-refractivity contribution in [3.8, 4) is 80.1 Å². The molecule has 0 radical (unpaired) electrons. The van der Waals surface area contributed by atoms with E-state index in [1.54, 1.807) is 103 Å². The Morgan fingerprint density at radius 2 is 0.593 bits per heavy atom. The number of rotatable bonds is 33. The molecule has 12 aromatic rings. The number of imide groups is 2. The molecule has 0 unspecified atom stereocenters. The van der Waals surface area contributed by atoms with E-state index in [9.17, 15) is 9.90 Å². The summed E-state index contributed by atoms with van der Waals surface area (Å²) < 4.78 is 56.5. The maximum Gasteiger partial charge on any atom is 0.307 e. The highest BCUT2D eigenvalue weighted by Crippen LogP contribution is 2.59. The number of para-hydroxylation sites is 5. The molecule has 108 heavy (non-hydrogen) atoms. The van der Waals surface area contributed by atoms with Crippen molar-refractivity contribution in [3.63, 3.8) is 0 Å². The molecule has 2 heterocycles. The van der Waals surface area contributed by atoms with Crippen LogP contribution < -0.4 is 47.7 Å². The number of carbonyl (C=O) groups is 5. The van der Waals surface area contributed by atoms with E-state index in [2.05, 4.69) is 55.4 Å². The molecule has 4 amide bonds. The number of fused-ring (bicyclic) bond motifs is 2. The van der Waals surface area contributed by atoms with E-state index in [0.717, 1.165) is 72.3 Å². The number of carbonyl (C=O) groups excluding carboxylic acids is 4. The predicted octanol–water partition coefficient (Wildman–Crippen LogP) is 23.1. The zero-order valence-corrected chi connectivity index (χ0v) is 62.2. The van der Waals surface area contributed by atoms with E-state index in [-0.39, 0.29) is 120 Å². The minimum Gasteiger partial charge on any atom is -0.491 e. The van der Waals surface area contributed by atoms with Crippen molar-refractivity contribution in [1.82, 2.24) is 0 Å².